The van der Waals surface area contributed by atoms with Gasteiger partial charge >= 0.3 is 6.09 Å². The van der Waals surface area contributed by atoms with Gasteiger partial charge in [0.1, 0.15) is 17.2 Å². The van der Waals surface area contributed by atoms with E-state index in [9.17, 15) is 19.2 Å². The van der Waals surface area contributed by atoms with Crippen molar-refractivity contribution in [2.45, 2.75) is 83.0 Å². The van der Waals surface area contributed by atoms with Crippen molar-refractivity contribution in [3.05, 3.63) is 59.2 Å². The summed E-state index contributed by atoms with van der Waals surface area (Å²) in [7, 11) is 1.62. The van der Waals surface area contributed by atoms with Gasteiger partial charge in [-0.05, 0) is 68.0 Å². The van der Waals surface area contributed by atoms with Crippen LogP contribution in [-0.4, -0.2) is 66.2 Å². The molecular formula is C32H42N4O6. The van der Waals surface area contributed by atoms with E-state index < -0.39 is 35.1 Å². The number of nitrogens with one attached hydrogen (secondary N) is 2. The molecule has 42 heavy (non-hydrogen) atoms. The van der Waals surface area contributed by atoms with Gasteiger partial charge in [0.2, 0.25) is 11.8 Å². The molecule has 10 nitrogen and oxygen atoms in total. The first-order valence-electron chi connectivity index (χ1n) is 14.5. The minimum Gasteiger partial charge on any atom is -0.444 e. The highest BCUT2D eigenvalue weighted by atomic mass is 16.6. The van der Waals surface area contributed by atoms with Gasteiger partial charge in [0, 0.05) is 32.2 Å². The van der Waals surface area contributed by atoms with Crippen molar-refractivity contribution in [2.24, 2.45) is 5.73 Å². The van der Waals surface area contributed by atoms with Crippen LogP contribution < -0.4 is 16.4 Å². The number of fused-ring (bicyclic) bond motifs is 1. The number of nitrogens with zero attached hydrogens (tertiary/aromatic N) is 1. The van der Waals surface area contributed by atoms with E-state index in [1.54, 1.807) is 32.8 Å². The first kappa shape index (κ1) is 31.0. The van der Waals surface area contributed by atoms with Crippen LogP contribution in [-0.2, 0) is 32.0 Å². The lowest BCUT2D eigenvalue weighted by Crippen LogP contribution is -2.63. The number of carbonyl (C=O) groups is 4. The third-order valence-electron chi connectivity index (χ3n) is 7.81. The second-order valence-electron chi connectivity index (χ2n) is 12.2. The number of benzene rings is 2. The smallest absolute Gasteiger partial charge is 0.408 e. The van der Waals surface area contributed by atoms with Gasteiger partial charge in [0.25, 0.3) is 5.91 Å². The summed E-state index contributed by atoms with van der Waals surface area (Å²) in [4.78, 5) is 53.0. The van der Waals surface area contributed by atoms with E-state index in [0.717, 1.165) is 41.5 Å². The van der Waals surface area contributed by atoms with Gasteiger partial charge < -0.3 is 30.7 Å². The number of methoxy groups -OCH3 is 1. The molecule has 0 radical (unpaired) electrons. The summed E-state index contributed by atoms with van der Waals surface area (Å²) < 4.78 is 10.5. The first-order valence-corrected chi connectivity index (χ1v) is 14.5. The van der Waals surface area contributed by atoms with E-state index in [1.807, 2.05) is 42.5 Å². The fourth-order valence-electron chi connectivity index (χ4n) is 5.59. The number of hydrogen-bond acceptors (Lipinski definition) is 6. The summed E-state index contributed by atoms with van der Waals surface area (Å²) in [6.07, 6.45) is 2.95. The second kappa shape index (κ2) is 12.9. The molecule has 1 saturated carbocycles. The zero-order chi connectivity index (χ0) is 30.5. The van der Waals surface area contributed by atoms with Crippen LogP contribution >= 0.6 is 0 Å². The fraction of sp³-hybridized carbons (Fsp3) is 0.500. The van der Waals surface area contributed by atoms with Crippen LogP contribution in [0.1, 0.15) is 74.4 Å². The molecule has 1 fully saturated rings. The van der Waals surface area contributed by atoms with Crippen molar-refractivity contribution in [3.63, 3.8) is 0 Å². The molecule has 2 aromatic rings. The van der Waals surface area contributed by atoms with Crippen LogP contribution in [0.5, 0.6) is 0 Å². The number of alkyl carbamates (subject to hydrolysis) is 1. The minimum absolute atomic E-state index is 0.0137. The van der Waals surface area contributed by atoms with Gasteiger partial charge in [-0.15, -0.1) is 0 Å². The second-order valence-corrected chi connectivity index (χ2v) is 12.2. The molecule has 0 saturated heterocycles. The van der Waals surface area contributed by atoms with Crippen LogP contribution in [0.4, 0.5) is 4.79 Å². The number of primary amides is 1. The van der Waals surface area contributed by atoms with Crippen LogP contribution in [0.15, 0.2) is 42.5 Å². The van der Waals surface area contributed by atoms with E-state index >= 15 is 0 Å². The number of carbonyl (C=O) groups excluding carboxylic acids is 4. The van der Waals surface area contributed by atoms with E-state index in [-0.39, 0.29) is 12.3 Å². The molecule has 226 valence electrons. The van der Waals surface area contributed by atoms with Crippen LogP contribution in [0.25, 0.3) is 11.1 Å². The van der Waals surface area contributed by atoms with Crippen LogP contribution in [0.3, 0.4) is 0 Å². The van der Waals surface area contributed by atoms with Crippen LogP contribution in [0.2, 0.25) is 0 Å². The summed E-state index contributed by atoms with van der Waals surface area (Å²) in [6, 6.07) is 12.6. The van der Waals surface area contributed by atoms with Gasteiger partial charge in [0.05, 0.1) is 6.61 Å². The molecule has 1 heterocycles. The van der Waals surface area contributed by atoms with Crippen molar-refractivity contribution in [1.29, 1.82) is 0 Å². The third kappa shape index (κ3) is 7.47. The van der Waals surface area contributed by atoms with Crippen molar-refractivity contribution < 1.29 is 28.7 Å². The molecule has 10 heteroatoms. The topological polar surface area (TPSA) is 140 Å². The van der Waals surface area contributed by atoms with E-state index in [0.29, 0.717) is 38.1 Å². The number of ether oxygens (including phenoxy) is 2. The summed E-state index contributed by atoms with van der Waals surface area (Å²) in [6.45, 7) is 6.87. The molecule has 0 bridgehead atoms. The normalized spacial score (nSPS) is 16.9. The van der Waals surface area contributed by atoms with E-state index in [1.165, 1.54) is 0 Å². The Morgan fingerprint density at radius 3 is 2.31 bits per heavy atom. The lowest BCUT2D eigenvalue weighted by molar-refractivity contribution is -0.133. The maximum absolute atomic E-state index is 13.5. The number of hydrogen-bond donors (Lipinski definition) is 3. The van der Waals surface area contributed by atoms with Crippen molar-refractivity contribution in [1.82, 2.24) is 15.5 Å². The minimum atomic E-state index is -1.16. The molecule has 2 aliphatic rings. The predicted molar refractivity (Wildman–Crippen MR) is 159 cm³/mol. The summed E-state index contributed by atoms with van der Waals surface area (Å²) >= 11 is 0. The number of rotatable bonds is 10. The van der Waals surface area contributed by atoms with Crippen molar-refractivity contribution >= 4 is 23.8 Å². The Balaban J connectivity index is 1.44. The highest BCUT2D eigenvalue weighted by Gasteiger charge is 2.43. The Hall–Kier alpha value is -3.92. The molecule has 0 aromatic heterocycles. The van der Waals surface area contributed by atoms with Crippen molar-refractivity contribution in [2.75, 3.05) is 20.3 Å². The molecular weight excluding hydrogens is 536 g/mol. The lowest BCUT2D eigenvalue weighted by Gasteiger charge is -2.37. The Labute approximate surface area is 247 Å². The average Bonchev–Trinajstić information content (AvgIpc) is 3.25. The van der Waals surface area contributed by atoms with Gasteiger partial charge in [-0.2, -0.15) is 0 Å². The standard InChI is InChI=1S/C32H42N4O6/c1-31(2,3)42-30(40)35-32(14-6-5-7-15-32)29(39)34-26(27(33)37)18-21-8-10-22(11-9-21)23-12-13-25-24(19-23)20-36(28(25)38)16-17-41-4/h8-13,19,26H,5-7,14-18,20H2,1-4H3,(H2,33,37)(H,34,39)(H,35,40)/t26-/m0/s1. The van der Waals surface area contributed by atoms with Crippen molar-refractivity contribution in [3.8, 4) is 11.1 Å². The Kier molecular flexibility index (Phi) is 9.56. The molecule has 0 unspecified atom stereocenters. The molecule has 4 amide bonds. The fourth-order valence-corrected chi connectivity index (χ4v) is 5.59. The SMILES string of the molecule is COCCN1Cc2cc(-c3ccc(C[C@H](NC(=O)C4(NC(=O)OC(C)(C)C)CCCCC4)C(N)=O)cc3)ccc2C1=O. The largest absolute Gasteiger partial charge is 0.444 e. The summed E-state index contributed by atoms with van der Waals surface area (Å²) in [5.74, 6) is -1.07. The summed E-state index contributed by atoms with van der Waals surface area (Å²) in [5.41, 5.74) is 8.30. The van der Waals surface area contributed by atoms with Crippen LogP contribution in [0, 0.1) is 0 Å². The molecule has 4 rings (SSSR count). The molecule has 1 aliphatic carbocycles. The Morgan fingerprint density at radius 2 is 1.69 bits per heavy atom. The van der Waals surface area contributed by atoms with Gasteiger partial charge in [-0.3, -0.25) is 14.4 Å². The van der Waals surface area contributed by atoms with Gasteiger partial charge in [-0.25, -0.2) is 4.79 Å². The molecule has 1 aliphatic heterocycles. The lowest BCUT2D eigenvalue weighted by atomic mass is 9.80. The van der Waals surface area contributed by atoms with E-state index in [2.05, 4.69) is 10.6 Å². The number of nitrogens with two attached hydrogens (primary N) is 1. The average molecular weight is 579 g/mol. The third-order valence-corrected chi connectivity index (χ3v) is 7.81. The zero-order valence-electron chi connectivity index (χ0n) is 25.0. The molecule has 2 aromatic carbocycles. The maximum atomic E-state index is 13.5. The zero-order valence-corrected chi connectivity index (χ0v) is 25.0. The quantitative estimate of drug-likeness (QED) is 0.393. The highest BCUT2D eigenvalue weighted by molar-refractivity contribution is 5.99. The predicted octanol–water partition coefficient (Wildman–Crippen LogP) is 3.70. The Bertz CT molecular complexity index is 1310. The van der Waals surface area contributed by atoms with Gasteiger partial charge in [0.15, 0.2) is 0 Å². The monoisotopic (exact) mass is 578 g/mol. The van der Waals surface area contributed by atoms with E-state index in [4.69, 9.17) is 15.2 Å². The molecule has 4 N–H and O–H groups in total. The molecule has 1 atom stereocenters. The highest BCUT2D eigenvalue weighted by Crippen LogP contribution is 2.30. The number of amides is 4. The summed E-state index contributed by atoms with van der Waals surface area (Å²) in [5, 5.41) is 5.61. The Morgan fingerprint density at radius 1 is 1.02 bits per heavy atom. The maximum Gasteiger partial charge on any atom is 0.408 e. The van der Waals surface area contributed by atoms with Gasteiger partial charge in [-0.1, -0.05) is 49.6 Å². The molecule has 0 spiro atoms. The first-order chi connectivity index (χ1) is 19.9.